The highest BCUT2D eigenvalue weighted by Crippen LogP contribution is 2.31. The molecule has 0 saturated carbocycles. The molecule has 5 nitrogen and oxygen atoms in total. The molecule has 1 aliphatic heterocycles. The van der Waals surface area contributed by atoms with E-state index in [0.29, 0.717) is 16.6 Å². The van der Waals surface area contributed by atoms with Crippen LogP contribution in [0.3, 0.4) is 0 Å². The van der Waals surface area contributed by atoms with Gasteiger partial charge in [-0.3, -0.25) is 9.48 Å². The zero-order valence-corrected chi connectivity index (χ0v) is 15.1. The largest absolute Gasteiger partial charge is 0.349 e. The van der Waals surface area contributed by atoms with Gasteiger partial charge in [-0.15, -0.1) is 0 Å². The fourth-order valence-corrected chi connectivity index (χ4v) is 3.66. The van der Waals surface area contributed by atoms with Gasteiger partial charge in [0.25, 0.3) is 0 Å². The van der Waals surface area contributed by atoms with Crippen LogP contribution in [-0.4, -0.2) is 28.8 Å². The lowest BCUT2D eigenvalue weighted by Gasteiger charge is -2.21. The minimum atomic E-state index is -0.209. The van der Waals surface area contributed by atoms with E-state index in [4.69, 9.17) is 23.2 Å². The Morgan fingerprint density at radius 1 is 1.42 bits per heavy atom. The molecule has 2 N–H and O–H groups in total. The van der Waals surface area contributed by atoms with Crippen LogP contribution < -0.4 is 10.6 Å². The standard InChI is InChI=1S/C17H20Cl2N4O/c1-10(12-4-3-5-15(18)16(12)19)22-17(24)14-8-20-7-13(14)11-6-21-23(2)9-11/h3-6,9-10,13-14,20H,7-8H2,1-2H3,(H,22,24)/t10?,13-,14+/m1/s1. The molecule has 0 spiro atoms. The van der Waals surface area contributed by atoms with Crippen molar-refractivity contribution >= 4 is 29.1 Å². The fraction of sp³-hybridized carbons (Fsp3) is 0.412. The Balaban J connectivity index is 1.73. The Morgan fingerprint density at radius 2 is 2.21 bits per heavy atom. The Hall–Kier alpha value is -1.56. The number of aromatic nitrogens is 2. The molecular weight excluding hydrogens is 347 g/mol. The molecule has 1 saturated heterocycles. The quantitative estimate of drug-likeness (QED) is 0.874. The van der Waals surface area contributed by atoms with Gasteiger partial charge in [0, 0.05) is 32.3 Å². The molecule has 2 heterocycles. The van der Waals surface area contributed by atoms with Gasteiger partial charge < -0.3 is 10.6 Å². The molecule has 1 fully saturated rings. The highest BCUT2D eigenvalue weighted by Gasteiger charge is 2.35. The van der Waals surface area contributed by atoms with Gasteiger partial charge in [-0.2, -0.15) is 5.10 Å². The maximum absolute atomic E-state index is 12.8. The van der Waals surface area contributed by atoms with Crippen molar-refractivity contribution in [2.24, 2.45) is 13.0 Å². The molecule has 3 atom stereocenters. The lowest BCUT2D eigenvalue weighted by molar-refractivity contribution is -0.125. The summed E-state index contributed by atoms with van der Waals surface area (Å²) >= 11 is 12.3. The van der Waals surface area contributed by atoms with Crippen molar-refractivity contribution in [1.82, 2.24) is 20.4 Å². The molecule has 1 aliphatic rings. The highest BCUT2D eigenvalue weighted by atomic mass is 35.5. The van der Waals surface area contributed by atoms with Crippen molar-refractivity contribution in [2.75, 3.05) is 13.1 Å². The van der Waals surface area contributed by atoms with Gasteiger partial charge in [0.1, 0.15) is 0 Å². The molecule has 2 aromatic rings. The van der Waals surface area contributed by atoms with E-state index in [0.717, 1.165) is 17.7 Å². The minimum Gasteiger partial charge on any atom is -0.349 e. The summed E-state index contributed by atoms with van der Waals surface area (Å²) in [4.78, 5) is 12.8. The summed E-state index contributed by atoms with van der Waals surface area (Å²) in [6.07, 6.45) is 3.80. The number of halogens is 2. The number of benzene rings is 1. The van der Waals surface area contributed by atoms with E-state index < -0.39 is 0 Å². The summed E-state index contributed by atoms with van der Waals surface area (Å²) in [6, 6.07) is 5.24. The number of amides is 1. The lowest BCUT2D eigenvalue weighted by Crippen LogP contribution is -2.36. The van der Waals surface area contributed by atoms with Gasteiger partial charge >= 0.3 is 0 Å². The third kappa shape index (κ3) is 3.43. The SMILES string of the molecule is CC(NC(=O)[C@H]1CNC[C@@H]1c1cnn(C)c1)c1cccc(Cl)c1Cl. The number of carbonyl (C=O) groups is 1. The van der Waals surface area contributed by atoms with Crippen LogP contribution in [0.4, 0.5) is 0 Å². The number of hydrogen-bond donors (Lipinski definition) is 2. The summed E-state index contributed by atoms with van der Waals surface area (Å²) in [5.41, 5.74) is 1.90. The molecule has 3 rings (SSSR count). The lowest BCUT2D eigenvalue weighted by atomic mass is 9.90. The van der Waals surface area contributed by atoms with Crippen molar-refractivity contribution in [1.29, 1.82) is 0 Å². The maximum atomic E-state index is 12.8. The van der Waals surface area contributed by atoms with Gasteiger partial charge in [0.05, 0.1) is 28.2 Å². The second-order valence-corrected chi connectivity index (χ2v) is 6.98. The van der Waals surface area contributed by atoms with E-state index in [1.165, 1.54) is 0 Å². The van der Waals surface area contributed by atoms with Crippen molar-refractivity contribution in [2.45, 2.75) is 18.9 Å². The zero-order chi connectivity index (χ0) is 17.3. The summed E-state index contributed by atoms with van der Waals surface area (Å²) in [6.45, 7) is 3.34. The number of rotatable bonds is 4. The molecule has 0 bridgehead atoms. The summed E-state index contributed by atoms with van der Waals surface area (Å²) in [5, 5.41) is 11.6. The number of nitrogens with zero attached hydrogens (tertiary/aromatic N) is 2. The van der Waals surface area contributed by atoms with Crippen LogP contribution in [0.15, 0.2) is 30.6 Å². The second-order valence-electron chi connectivity index (χ2n) is 6.19. The molecule has 1 aromatic carbocycles. The van der Waals surface area contributed by atoms with Crippen molar-refractivity contribution in [3.05, 3.63) is 51.8 Å². The average molecular weight is 367 g/mol. The van der Waals surface area contributed by atoms with Crippen LogP contribution in [0.2, 0.25) is 10.0 Å². The van der Waals surface area contributed by atoms with Crippen molar-refractivity contribution in [3.8, 4) is 0 Å². The Kier molecular flexibility index (Phi) is 5.13. The van der Waals surface area contributed by atoms with Crippen LogP contribution in [0, 0.1) is 5.92 Å². The smallest absolute Gasteiger partial charge is 0.225 e. The van der Waals surface area contributed by atoms with Crippen LogP contribution in [0.1, 0.15) is 30.0 Å². The number of hydrogen-bond acceptors (Lipinski definition) is 3. The van der Waals surface area contributed by atoms with Crippen LogP contribution in [0.25, 0.3) is 0 Å². The number of carbonyl (C=O) groups excluding carboxylic acids is 1. The molecular formula is C17H20Cl2N4O. The Labute approximate surface area is 151 Å². The van der Waals surface area contributed by atoms with Gasteiger partial charge in [-0.25, -0.2) is 0 Å². The van der Waals surface area contributed by atoms with E-state index in [9.17, 15) is 4.79 Å². The van der Waals surface area contributed by atoms with Crippen molar-refractivity contribution < 1.29 is 4.79 Å². The molecule has 1 amide bonds. The third-order valence-corrected chi connectivity index (χ3v) is 5.34. The van der Waals surface area contributed by atoms with Crippen molar-refractivity contribution in [3.63, 3.8) is 0 Å². The van der Waals surface area contributed by atoms with Gasteiger partial charge in [0.15, 0.2) is 0 Å². The first-order valence-electron chi connectivity index (χ1n) is 7.91. The van der Waals surface area contributed by atoms with Crippen LogP contribution >= 0.6 is 23.2 Å². The highest BCUT2D eigenvalue weighted by molar-refractivity contribution is 6.42. The monoisotopic (exact) mass is 366 g/mol. The van der Waals surface area contributed by atoms with E-state index in [-0.39, 0.29) is 23.8 Å². The van der Waals surface area contributed by atoms with E-state index in [1.54, 1.807) is 10.7 Å². The predicted octanol–water partition coefficient (Wildman–Crippen LogP) is 2.91. The maximum Gasteiger partial charge on any atom is 0.225 e. The first kappa shape index (κ1) is 17.3. The minimum absolute atomic E-state index is 0.0115. The molecule has 24 heavy (non-hydrogen) atoms. The number of nitrogens with one attached hydrogen (secondary N) is 2. The number of aryl methyl sites for hydroxylation is 1. The Bertz CT molecular complexity index is 746. The Morgan fingerprint density at radius 3 is 2.92 bits per heavy atom. The van der Waals surface area contributed by atoms with Crippen LogP contribution in [-0.2, 0) is 11.8 Å². The first-order chi connectivity index (χ1) is 11.5. The summed E-state index contributed by atoms with van der Waals surface area (Å²) < 4.78 is 1.76. The predicted molar refractivity (Wildman–Crippen MR) is 95.3 cm³/mol. The topological polar surface area (TPSA) is 59.0 Å². The average Bonchev–Trinajstić information content (AvgIpc) is 3.18. The van der Waals surface area contributed by atoms with Crippen LogP contribution in [0.5, 0.6) is 0 Å². The van der Waals surface area contributed by atoms with E-state index in [1.807, 2.05) is 38.5 Å². The molecule has 1 unspecified atom stereocenters. The first-order valence-corrected chi connectivity index (χ1v) is 8.66. The summed E-state index contributed by atoms with van der Waals surface area (Å²) in [7, 11) is 1.88. The molecule has 7 heteroatoms. The van der Waals surface area contributed by atoms with E-state index >= 15 is 0 Å². The van der Waals surface area contributed by atoms with Gasteiger partial charge in [-0.05, 0) is 24.1 Å². The fourth-order valence-electron chi connectivity index (χ4n) is 3.19. The third-order valence-electron chi connectivity index (χ3n) is 4.51. The normalized spacial score (nSPS) is 21.7. The van der Waals surface area contributed by atoms with E-state index in [2.05, 4.69) is 15.7 Å². The molecule has 128 valence electrons. The molecule has 0 radical (unpaired) electrons. The zero-order valence-electron chi connectivity index (χ0n) is 13.6. The molecule has 1 aromatic heterocycles. The summed E-state index contributed by atoms with van der Waals surface area (Å²) in [5.74, 6) is 0.00716. The molecule has 0 aliphatic carbocycles. The van der Waals surface area contributed by atoms with Gasteiger partial charge in [0.2, 0.25) is 5.91 Å². The van der Waals surface area contributed by atoms with Gasteiger partial charge in [-0.1, -0.05) is 35.3 Å². The second kappa shape index (κ2) is 7.13.